The lowest BCUT2D eigenvalue weighted by Crippen LogP contribution is -2.56. The lowest BCUT2D eigenvalue weighted by Gasteiger charge is -2.40. The number of amides is 1. The standard InChI is InChI=1S/C31H36N8O3/c1-6-26(40)39-13-12-38(17-22(39)15-32-4)29-23-14-20(3)28(27-19(2)9-10-25-24(27)16-33-36-25)42-30(23)35-31(34-29)41-18-21-8-7-11-37(21)5/h6,9-10,16,21-22H,1,7-8,11-15,17-18H2,2-3,5H3,(H,33,36)/t21-,22-/m0/s1. The Morgan fingerprint density at radius 1 is 1.26 bits per heavy atom. The van der Waals surface area contributed by atoms with Crippen molar-refractivity contribution in [2.45, 2.75) is 45.2 Å². The number of hydrogen-bond donors (Lipinski definition) is 1. The van der Waals surface area contributed by atoms with Crippen LogP contribution in [-0.4, -0.2) is 94.3 Å². The molecule has 2 saturated heterocycles. The number of nitrogens with zero attached hydrogens (tertiary/aromatic N) is 7. The van der Waals surface area contributed by atoms with Gasteiger partial charge in [0.2, 0.25) is 18.3 Å². The third-order valence-electron chi connectivity index (χ3n) is 8.63. The van der Waals surface area contributed by atoms with Gasteiger partial charge in [-0.2, -0.15) is 15.1 Å². The van der Waals surface area contributed by atoms with Crippen LogP contribution >= 0.6 is 0 Å². The predicted octanol–water partition coefficient (Wildman–Crippen LogP) is 3.62. The van der Waals surface area contributed by atoms with Crippen LogP contribution < -0.4 is 14.4 Å². The van der Waals surface area contributed by atoms with Crippen LogP contribution in [0.3, 0.4) is 0 Å². The fourth-order valence-corrected chi connectivity index (χ4v) is 6.30. The van der Waals surface area contributed by atoms with E-state index in [0.717, 1.165) is 64.1 Å². The molecule has 11 nitrogen and oxygen atoms in total. The molecule has 2 fully saturated rings. The smallest absolute Gasteiger partial charge is 0.321 e. The highest BCUT2D eigenvalue weighted by atomic mass is 16.5. The highest BCUT2D eigenvalue weighted by Gasteiger charge is 2.36. The fraction of sp³-hybridized carbons (Fsp3) is 0.452. The first-order chi connectivity index (χ1) is 20.4. The molecule has 0 bridgehead atoms. The number of aromatic amines is 1. The van der Waals surface area contributed by atoms with Crippen LogP contribution in [0.4, 0.5) is 5.82 Å². The van der Waals surface area contributed by atoms with Gasteiger partial charge < -0.3 is 29.0 Å². The molecular weight excluding hydrogens is 532 g/mol. The minimum Gasteiger partial charge on any atom is -0.462 e. The van der Waals surface area contributed by atoms with E-state index in [9.17, 15) is 4.79 Å². The molecular formula is C31H36N8O3. The number of aryl methyl sites for hydroxylation is 1. The molecule has 0 radical (unpaired) electrons. The zero-order chi connectivity index (χ0) is 29.4. The normalized spacial score (nSPS) is 20.8. The van der Waals surface area contributed by atoms with Crippen molar-refractivity contribution in [3.8, 4) is 11.9 Å². The van der Waals surface area contributed by atoms with E-state index >= 15 is 0 Å². The summed E-state index contributed by atoms with van der Waals surface area (Å²) in [6, 6.07) is 4.39. The lowest BCUT2D eigenvalue weighted by atomic mass is 9.95. The summed E-state index contributed by atoms with van der Waals surface area (Å²) in [5.41, 5.74) is 4.96. The summed E-state index contributed by atoms with van der Waals surface area (Å²) < 4.78 is 12.9. The van der Waals surface area contributed by atoms with Gasteiger partial charge in [0.1, 0.15) is 24.2 Å². The van der Waals surface area contributed by atoms with Gasteiger partial charge in [0, 0.05) is 43.0 Å². The third-order valence-corrected chi connectivity index (χ3v) is 8.63. The molecule has 0 aliphatic carbocycles. The predicted molar refractivity (Wildman–Crippen MR) is 160 cm³/mol. The number of H-pyrrole nitrogens is 1. The molecule has 3 aliphatic rings. The van der Waals surface area contributed by atoms with E-state index < -0.39 is 0 Å². The topological polar surface area (TPSA) is 104 Å². The van der Waals surface area contributed by atoms with Crippen molar-refractivity contribution in [2.24, 2.45) is 0 Å². The quantitative estimate of drug-likeness (QED) is 0.341. The number of nitrogens with one attached hydrogen (secondary N) is 1. The second-order valence-electron chi connectivity index (χ2n) is 11.4. The highest BCUT2D eigenvalue weighted by molar-refractivity contribution is 5.93. The average Bonchev–Trinajstić information content (AvgIpc) is 3.64. The van der Waals surface area contributed by atoms with E-state index in [2.05, 4.69) is 58.4 Å². The van der Waals surface area contributed by atoms with Crippen molar-refractivity contribution in [1.29, 1.82) is 0 Å². The van der Waals surface area contributed by atoms with Gasteiger partial charge in [-0.15, -0.1) is 0 Å². The zero-order valence-corrected chi connectivity index (χ0v) is 24.4. The summed E-state index contributed by atoms with van der Waals surface area (Å²) >= 11 is 0. The van der Waals surface area contributed by atoms with E-state index in [0.29, 0.717) is 44.6 Å². The Labute approximate surface area is 245 Å². The number of ether oxygens (including phenoxy) is 2. The molecule has 3 aromatic rings. The van der Waals surface area contributed by atoms with Crippen LogP contribution in [0.2, 0.25) is 0 Å². The number of anilines is 1. The number of likely N-dealkylation sites (N-methyl/N-ethyl adjacent to an activating group) is 1. The Bertz CT molecular complexity index is 1610. The van der Waals surface area contributed by atoms with Crippen molar-refractivity contribution in [3.05, 3.63) is 64.7 Å². The Hall–Kier alpha value is -4.43. The average molecular weight is 569 g/mol. The van der Waals surface area contributed by atoms with E-state index in [1.54, 1.807) is 4.90 Å². The number of benzene rings is 1. The molecule has 3 aliphatic heterocycles. The van der Waals surface area contributed by atoms with Crippen LogP contribution in [0.15, 0.2) is 36.6 Å². The van der Waals surface area contributed by atoms with Crippen LogP contribution in [0.5, 0.6) is 11.9 Å². The van der Waals surface area contributed by atoms with Gasteiger partial charge in [0.05, 0.1) is 17.3 Å². The SMILES string of the molecule is [C-]#[N+]C[C@H]1CN(c2nc(OC[C@@H]3CCCN3C)nc3c2CC(C)=C(c2c(C)ccc4[nH]ncc24)O3)CCN1C(=O)C=C. The van der Waals surface area contributed by atoms with Crippen molar-refractivity contribution >= 4 is 28.4 Å². The number of fused-ring (bicyclic) bond motifs is 2. The Kier molecular flexibility index (Phi) is 7.56. The molecule has 218 valence electrons. The summed E-state index contributed by atoms with van der Waals surface area (Å²) in [6.45, 7) is 18.5. The third kappa shape index (κ3) is 5.07. The Morgan fingerprint density at radius 3 is 2.88 bits per heavy atom. The number of aromatic nitrogens is 4. The van der Waals surface area contributed by atoms with Gasteiger partial charge in [-0.05, 0) is 63.6 Å². The molecule has 6 rings (SSSR count). The zero-order valence-electron chi connectivity index (χ0n) is 24.4. The number of allylic oxidation sites excluding steroid dienone is 1. The maximum absolute atomic E-state index is 12.5. The monoisotopic (exact) mass is 568 g/mol. The van der Waals surface area contributed by atoms with Crippen molar-refractivity contribution in [3.63, 3.8) is 0 Å². The van der Waals surface area contributed by atoms with Crippen molar-refractivity contribution in [2.75, 3.05) is 51.3 Å². The minimum absolute atomic E-state index is 0.159. The molecule has 0 saturated carbocycles. The van der Waals surface area contributed by atoms with Crippen molar-refractivity contribution in [1.82, 2.24) is 30.0 Å². The second-order valence-corrected chi connectivity index (χ2v) is 11.4. The first kappa shape index (κ1) is 27.7. The molecule has 1 N–H and O–H groups in total. The van der Waals surface area contributed by atoms with E-state index in [4.69, 9.17) is 26.0 Å². The van der Waals surface area contributed by atoms with E-state index in [-0.39, 0.29) is 24.5 Å². The Balaban J connectivity index is 1.38. The molecule has 1 amide bonds. The van der Waals surface area contributed by atoms with Crippen molar-refractivity contribution < 1.29 is 14.3 Å². The van der Waals surface area contributed by atoms with Gasteiger partial charge in [-0.1, -0.05) is 12.6 Å². The number of rotatable bonds is 7. The lowest BCUT2D eigenvalue weighted by molar-refractivity contribution is -0.128. The van der Waals surface area contributed by atoms with Gasteiger partial charge in [0.25, 0.3) is 0 Å². The maximum atomic E-state index is 12.5. The number of carbonyl (C=O) groups excluding carboxylic acids is 1. The van der Waals surface area contributed by atoms with Crippen LogP contribution in [0.1, 0.15) is 36.5 Å². The molecule has 42 heavy (non-hydrogen) atoms. The van der Waals surface area contributed by atoms with Gasteiger partial charge >= 0.3 is 6.01 Å². The van der Waals surface area contributed by atoms with E-state index in [1.807, 2.05) is 12.3 Å². The largest absolute Gasteiger partial charge is 0.462 e. The van der Waals surface area contributed by atoms with Gasteiger partial charge in [-0.3, -0.25) is 9.89 Å². The molecule has 2 aromatic heterocycles. The number of carbonyl (C=O) groups is 1. The van der Waals surface area contributed by atoms with Crippen LogP contribution in [0, 0.1) is 13.5 Å². The van der Waals surface area contributed by atoms with E-state index in [1.165, 1.54) is 6.08 Å². The first-order valence-corrected chi connectivity index (χ1v) is 14.4. The highest BCUT2D eigenvalue weighted by Crippen LogP contribution is 2.41. The van der Waals surface area contributed by atoms with Crippen LogP contribution in [0.25, 0.3) is 21.5 Å². The molecule has 0 spiro atoms. The number of piperazine rings is 1. The summed E-state index contributed by atoms with van der Waals surface area (Å²) in [5.74, 6) is 1.81. The summed E-state index contributed by atoms with van der Waals surface area (Å²) in [7, 11) is 2.11. The number of likely N-dealkylation sites (tertiary alicyclic amines) is 1. The maximum Gasteiger partial charge on any atom is 0.321 e. The molecule has 2 atom stereocenters. The molecule has 5 heterocycles. The van der Waals surface area contributed by atoms with Gasteiger partial charge in [0.15, 0.2) is 0 Å². The Morgan fingerprint density at radius 2 is 2.12 bits per heavy atom. The molecule has 11 heteroatoms. The minimum atomic E-state index is -0.276. The molecule has 1 aromatic carbocycles. The number of hydrogen-bond acceptors (Lipinski definition) is 8. The summed E-state index contributed by atoms with van der Waals surface area (Å²) in [6.07, 6.45) is 5.96. The summed E-state index contributed by atoms with van der Waals surface area (Å²) in [5, 5.41) is 8.31. The van der Waals surface area contributed by atoms with Crippen LogP contribution in [-0.2, 0) is 11.2 Å². The second kappa shape index (κ2) is 11.4. The first-order valence-electron chi connectivity index (χ1n) is 14.4. The fourth-order valence-electron chi connectivity index (χ4n) is 6.30. The molecule has 0 unspecified atom stereocenters. The summed E-state index contributed by atoms with van der Waals surface area (Å²) in [4.78, 5) is 32.1. The van der Waals surface area contributed by atoms with Gasteiger partial charge in [-0.25, -0.2) is 6.57 Å².